The summed E-state index contributed by atoms with van der Waals surface area (Å²) in [6, 6.07) is 9.87. The number of piperidine rings is 1. The first-order valence-corrected chi connectivity index (χ1v) is 11.7. The normalized spacial score (nSPS) is 20.4. The molecule has 0 atom stereocenters. The van der Waals surface area contributed by atoms with Crippen molar-refractivity contribution in [2.75, 3.05) is 52.9 Å². The SMILES string of the molecule is CN1CCN(C(=O)C2CCN(C(=O)CCC(=O)N3CCC(c4ccccc4)=N3)CC2)CC1. The molecule has 0 spiro atoms. The fraction of sp³-hybridized carbons (Fsp3) is 0.583. The first kappa shape index (κ1) is 22.5. The number of hydrazone groups is 1. The van der Waals surface area contributed by atoms with E-state index < -0.39 is 0 Å². The summed E-state index contributed by atoms with van der Waals surface area (Å²) in [6.07, 6.45) is 2.52. The average molecular weight is 440 g/mol. The Labute approximate surface area is 189 Å². The summed E-state index contributed by atoms with van der Waals surface area (Å²) in [5.41, 5.74) is 1.95. The topological polar surface area (TPSA) is 76.5 Å². The van der Waals surface area contributed by atoms with E-state index in [-0.39, 0.29) is 36.5 Å². The Morgan fingerprint density at radius 1 is 0.844 bits per heavy atom. The molecule has 1 aromatic rings. The number of rotatable bonds is 5. The third-order valence-corrected chi connectivity index (χ3v) is 6.76. The van der Waals surface area contributed by atoms with Crippen LogP contribution < -0.4 is 0 Å². The van der Waals surface area contributed by atoms with Gasteiger partial charge in [-0.2, -0.15) is 5.10 Å². The second-order valence-corrected chi connectivity index (χ2v) is 8.96. The summed E-state index contributed by atoms with van der Waals surface area (Å²) in [6.45, 7) is 5.19. The molecule has 1 aromatic carbocycles. The smallest absolute Gasteiger partial charge is 0.243 e. The lowest BCUT2D eigenvalue weighted by atomic mass is 9.94. The van der Waals surface area contributed by atoms with Crippen LogP contribution in [0.3, 0.4) is 0 Å². The molecule has 0 bridgehead atoms. The van der Waals surface area contributed by atoms with Gasteiger partial charge in [-0.1, -0.05) is 30.3 Å². The third-order valence-electron chi connectivity index (χ3n) is 6.76. The molecule has 32 heavy (non-hydrogen) atoms. The van der Waals surface area contributed by atoms with E-state index in [1.54, 1.807) is 0 Å². The number of hydrogen-bond donors (Lipinski definition) is 0. The van der Waals surface area contributed by atoms with Crippen LogP contribution >= 0.6 is 0 Å². The second kappa shape index (κ2) is 10.3. The van der Waals surface area contributed by atoms with Gasteiger partial charge in [0.2, 0.25) is 17.7 Å². The molecular weight excluding hydrogens is 406 g/mol. The molecule has 0 aromatic heterocycles. The Bertz CT molecular complexity index is 856. The van der Waals surface area contributed by atoms with E-state index in [0.717, 1.165) is 43.9 Å². The van der Waals surface area contributed by atoms with Crippen LogP contribution in [-0.4, -0.2) is 96.0 Å². The van der Waals surface area contributed by atoms with E-state index in [1.165, 1.54) is 5.01 Å². The quantitative estimate of drug-likeness (QED) is 0.695. The lowest BCUT2D eigenvalue weighted by molar-refractivity contribution is -0.142. The van der Waals surface area contributed by atoms with Gasteiger partial charge in [-0.3, -0.25) is 14.4 Å². The molecule has 3 aliphatic heterocycles. The highest BCUT2D eigenvalue weighted by molar-refractivity contribution is 6.02. The van der Waals surface area contributed by atoms with Gasteiger partial charge in [0.05, 0.1) is 12.3 Å². The van der Waals surface area contributed by atoms with Crippen LogP contribution in [0.15, 0.2) is 35.4 Å². The zero-order valence-corrected chi connectivity index (χ0v) is 18.9. The predicted octanol–water partition coefficient (Wildman–Crippen LogP) is 1.42. The van der Waals surface area contributed by atoms with Crippen LogP contribution in [0.5, 0.6) is 0 Å². The van der Waals surface area contributed by atoms with Crippen molar-refractivity contribution in [3.05, 3.63) is 35.9 Å². The van der Waals surface area contributed by atoms with Gasteiger partial charge in [0, 0.05) is 64.4 Å². The minimum atomic E-state index is -0.107. The molecule has 2 saturated heterocycles. The van der Waals surface area contributed by atoms with E-state index >= 15 is 0 Å². The third kappa shape index (κ3) is 5.35. The molecule has 0 saturated carbocycles. The summed E-state index contributed by atoms with van der Waals surface area (Å²) >= 11 is 0. The fourth-order valence-corrected chi connectivity index (χ4v) is 4.63. The van der Waals surface area contributed by atoms with Crippen molar-refractivity contribution < 1.29 is 14.4 Å². The van der Waals surface area contributed by atoms with Crippen molar-refractivity contribution in [3.8, 4) is 0 Å². The number of hydrogen-bond acceptors (Lipinski definition) is 5. The highest BCUT2D eigenvalue weighted by atomic mass is 16.2. The largest absolute Gasteiger partial charge is 0.343 e. The minimum Gasteiger partial charge on any atom is -0.343 e. The maximum atomic E-state index is 12.8. The maximum Gasteiger partial charge on any atom is 0.243 e. The van der Waals surface area contributed by atoms with E-state index in [1.807, 2.05) is 40.1 Å². The number of likely N-dealkylation sites (N-methyl/N-ethyl adjacent to an activating group) is 1. The van der Waals surface area contributed by atoms with Crippen molar-refractivity contribution in [2.24, 2.45) is 11.0 Å². The van der Waals surface area contributed by atoms with Crippen molar-refractivity contribution >= 4 is 23.4 Å². The fourth-order valence-electron chi connectivity index (χ4n) is 4.63. The van der Waals surface area contributed by atoms with Crippen LogP contribution in [0.4, 0.5) is 0 Å². The number of carbonyl (C=O) groups is 3. The molecule has 8 heteroatoms. The van der Waals surface area contributed by atoms with Gasteiger partial charge < -0.3 is 14.7 Å². The van der Waals surface area contributed by atoms with Gasteiger partial charge in [-0.05, 0) is 25.5 Å². The molecule has 3 amide bonds. The first-order chi connectivity index (χ1) is 15.5. The number of benzene rings is 1. The zero-order valence-electron chi connectivity index (χ0n) is 18.9. The van der Waals surface area contributed by atoms with E-state index in [2.05, 4.69) is 17.0 Å². The number of piperazine rings is 1. The molecule has 8 nitrogen and oxygen atoms in total. The molecule has 0 aliphatic carbocycles. The maximum absolute atomic E-state index is 12.8. The molecule has 3 heterocycles. The Morgan fingerprint density at radius 3 is 2.19 bits per heavy atom. The number of amides is 3. The number of nitrogens with zero attached hydrogens (tertiary/aromatic N) is 5. The molecule has 0 N–H and O–H groups in total. The standard InChI is InChI=1S/C24H33N5O3/c1-26-15-17-28(18-16-26)24(32)20-9-12-27(13-10-20)22(30)7-8-23(31)29-14-11-21(25-29)19-5-3-2-4-6-19/h2-6,20H,7-18H2,1H3. The Morgan fingerprint density at radius 2 is 1.50 bits per heavy atom. The molecule has 0 unspecified atom stereocenters. The highest BCUT2D eigenvalue weighted by Gasteiger charge is 2.31. The van der Waals surface area contributed by atoms with E-state index in [9.17, 15) is 14.4 Å². The Balaban J connectivity index is 1.20. The van der Waals surface area contributed by atoms with Gasteiger partial charge in [0.1, 0.15) is 0 Å². The van der Waals surface area contributed by atoms with E-state index in [0.29, 0.717) is 32.5 Å². The number of carbonyl (C=O) groups excluding carboxylic acids is 3. The molecule has 4 rings (SSSR count). The number of likely N-dealkylation sites (tertiary alicyclic amines) is 1. The molecular formula is C24H33N5O3. The molecule has 172 valence electrons. The van der Waals surface area contributed by atoms with Crippen molar-refractivity contribution in [3.63, 3.8) is 0 Å². The van der Waals surface area contributed by atoms with Crippen LogP contribution in [-0.2, 0) is 14.4 Å². The lowest BCUT2D eigenvalue weighted by Gasteiger charge is -2.37. The van der Waals surface area contributed by atoms with Gasteiger partial charge >= 0.3 is 0 Å². The summed E-state index contributed by atoms with van der Waals surface area (Å²) < 4.78 is 0. The monoisotopic (exact) mass is 439 g/mol. The summed E-state index contributed by atoms with van der Waals surface area (Å²) in [7, 11) is 2.08. The zero-order chi connectivity index (χ0) is 22.5. The van der Waals surface area contributed by atoms with Crippen molar-refractivity contribution in [1.29, 1.82) is 0 Å². The van der Waals surface area contributed by atoms with Gasteiger partial charge in [-0.25, -0.2) is 5.01 Å². The second-order valence-electron chi connectivity index (χ2n) is 8.96. The molecule has 0 radical (unpaired) electrons. The van der Waals surface area contributed by atoms with Crippen LogP contribution in [0.1, 0.15) is 37.7 Å². The summed E-state index contributed by atoms with van der Waals surface area (Å²) in [5.74, 6) is 0.139. The van der Waals surface area contributed by atoms with E-state index in [4.69, 9.17) is 0 Å². The first-order valence-electron chi connectivity index (χ1n) is 11.7. The lowest BCUT2D eigenvalue weighted by Crippen LogP contribution is -2.51. The summed E-state index contributed by atoms with van der Waals surface area (Å²) in [5, 5.41) is 5.95. The minimum absolute atomic E-state index is 0.00435. The van der Waals surface area contributed by atoms with Crippen molar-refractivity contribution in [1.82, 2.24) is 19.7 Å². The highest BCUT2D eigenvalue weighted by Crippen LogP contribution is 2.22. The molecule has 2 fully saturated rings. The summed E-state index contributed by atoms with van der Waals surface area (Å²) in [4.78, 5) is 44.0. The molecule has 3 aliphatic rings. The van der Waals surface area contributed by atoms with Gasteiger partial charge in [0.25, 0.3) is 0 Å². The van der Waals surface area contributed by atoms with Crippen LogP contribution in [0.2, 0.25) is 0 Å². The predicted molar refractivity (Wildman–Crippen MR) is 122 cm³/mol. The van der Waals surface area contributed by atoms with Crippen LogP contribution in [0, 0.1) is 5.92 Å². The van der Waals surface area contributed by atoms with Crippen molar-refractivity contribution in [2.45, 2.75) is 32.1 Å². The average Bonchev–Trinajstić information content (AvgIpc) is 3.34. The van der Waals surface area contributed by atoms with Gasteiger partial charge in [-0.15, -0.1) is 0 Å². The van der Waals surface area contributed by atoms with Crippen LogP contribution in [0.25, 0.3) is 0 Å². The van der Waals surface area contributed by atoms with Gasteiger partial charge in [0.15, 0.2) is 0 Å². The Kier molecular flexibility index (Phi) is 7.19. The Hall–Kier alpha value is -2.74.